The summed E-state index contributed by atoms with van der Waals surface area (Å²) in [5.41, 5.74) is 13.2. The molecular formula is C111H67F5N6. The van der Waals surface area contributed by atoms with Gasteiger partial charge in [-0.1, -0.05) is 243 Å². The minimum Gasteiger partial charge on any atom is -0.311 e. The number of nitrogens with zero attached hydrogens (tertiary/aromatic N) is 6. The van der Waals surface area contributed by atoms with E-state index in [-0.39, 0.29) is 46.9 Å². The van der Waals surface area contributed by atoms with Gasteiger partial charge in [0.2, 0.25) is 0 Å². The lowest BCUT2D eigenvalue weighted by atomic mass is 9.89. The SMILES string of the molecule is Fc1ccc(N(c2ccccc2)c2ccc(-c3ccc4ccc5cc6cccnc6c6ccc3c4c56)cc2)c(F)c1F.Fc1ccccc1N(c1ccc(-c2ccc3ccc4cc5cccnc5c5ccc2c3c45)cc1)c1ccccc1F.[2H]c1c([2H])c([2H])c(N(c2ccccc2)c2ccc(-c3ccc4ccc5cc6cccnc6c6ccc3c4c56)cc2)c([2H])c1[2H]. The van der Waals surface area contributed by atoms with Crippen LogP contribution >= 0.6 is 0 Å². The molecule has 0 aliphatic carbocycles. The summed E-state index contributed by atoms with van der Waals surface area (Å²) in [5, 5.41) is 24.5. The minimum atomic E-state index is -1.50. The molecule has 0 radical (unpaired) electrons. The van der Waals surface area contributed by atoms with Crippen LogP contribution in [0.1, 0.15) is 6.85 Å². The first kappa shape index (κ1) is 67.1. The number of hydrogen-bond acceptors (Lipinski definition) is 6. The van der Waals surface area contributed by atoms with E-state index in [4.69, 9.17) is 16.8 Å². The van der Waals surface area contributed by atoms with E-state index in [1.165, 1.54) is 77.4 Å². The van der Waals surface area contributed by atoms with Crippen LogP contribution in [-0.2, 0) is 0 Å². The molecule has 21 aromatic carbocycles. The lowest BCUT2D eigenvalue weighted by molar-refractivity contribution is 0.448. The van der Waals surface area contributed by atoms with Crippen molar-refractivity contribution in [3.63, 3.8) is 0 Å². The highest BCUT2D eigenvalue weighted by atomic mass is 19.2. The summed E-state index contributed by atoms with van der Waals surface area (Å²) in [5.74, 6) is -4.81. The zero-order chi connectivity index (χ0) is 86.0. The normalized spacial score (nSPS) is 12.2. The fourth-order valence-electron chi connectivity index (χ4n) is 18.1. The summed E-state index contributed by atoms with van der Waals surface area (Å²) < 4.78 is 115. The highest BCUT2D eigenvalue weighted by molar-refractivity contribution is 6.33. The number of rotatable bonds is 12. The average molecular weight is 1580 g/mol. The quantitative estimate of drug-likeness (QED) is 0.0526. The molecule has 0 bridgehead atoms. The maximum atomic E-state index is 15.0. The molecule has 576 valence electrons. The summed E-state index contributed by atoms with van der Waals surface area (Å²) in [6.07, 6.45) is 5.52. The zero-order valence-electron chi connectivity index (χ0n) is 69.9. The minimum absolute atomic E-state index is 0.0728. The Morgan fingerprint density at radius 1 is 0.213 bits per heavy atom. The van der Waals surface area contributed by atoms with Gasteiger partial charge in [0.15, 0.2) is 17.5 Å². The van der Waals surface area contributed by atoms with E-state index in [1.807, 2.05) is 158 Å². The molecule has 3 heterocycles. The summed E-state index contributed by atoms with van der Waals surface area (Å²) in [6.45, 7) is 0. The Hall–Kier alpha value is -16.0. The van der Waals surface area contributed by atoms with E-state index >= 15 is 4.39 Å². The van der Waals surface area contributed by atoms with Crippen molar-refractivity contribution in [2.24, 2.45) is 0 Å². The summed E-state index contributed by atoms with van der Waals surface area (Å²) in [4.78, 5) is 19.0. The van der Waals surface area contributed by atoms with Crippen molar-refractivity contribution >= 4 is 181 Å². The van der Waals surface area contributed by atoms with Crippen LogP contribution in [-0.4, -0.2) is 15.0 Å². The maximum absolute atomic E-state index is 15.0. The molecular weight excluding hydrogens is 1510 g/mol. The van der Waals surface area contributed by atoms with Crippen molar-refractivity contribution in [2.45, 2.75) is 0 Å². The number of fused-ring (bicyclic) bond motifs is 6. The highest BCUT2D eigenvalue weighted by Gasteiger charge is 2.26. The Balaban J connectivity index is 0.000000113. The monoisotopic (exact) mass is 1580 g/mol. The smallest absolute Gasteiger partial charge is 0.196 e. The van der Waals surface area contributed by atoms with E-state index in [2.05, 4.69) is 151 Å². The number of para-hydroxylation sites is 5. The molecule has 122 heavy (non-hydrogen) atoms. The molecule has 3 aromatic heterocycles. The second-order valence-electron chi connectivity index (χ2n) is 30.4. The molecule has 0 unspecified atom stereocenters. The summed E-state index contributed by atoms with van der Waals surface area (Å²) >= 11 is 0. The first-order valence-corrected chi connectivity index (χ1v) is 40.0. The molecule has 24 rings (SSSR count). The van der Waals surface area contributed by atoms with Crippen LogP contribution < -0.4 is 14.7 Å². The number of benzene rings is 21. The second kappa shape index (κ2) is 29.9. The Labute approximate surface area is 704 Å². The average Bonchev–Trinajstić information content (AvgIpc) is 0.718. The third-order valence-corrected chi connectivity index (χ3v) is 23.5. The van der Waals surface area contributed by atoms with E-state index < -0.39 is 35.1 Å². The fraction of sp³-hybridized carbons (Fsp3) is 0. The highest BCUT2D eigenvalue weighted by Crippen LogP contribution is 2.49. The van der Waals surface area contributed by atoms with Gasteiger partial charge in [0.1, 0.15) is 11.6 Å². The largest absolute Gasteiger partial charge is 0.311 e. The summed E-state index contributed by atoms with van der Waals surface area (Å²) in [6, 6.07) is 113. The Bertz CT molecular complexity index is 8410. The van der Waals surface area contributed by atoms with E-state index in [1.54, 1.807) is 63.2 Å². The molecule has 0 aliphatic heterocycles. The van der Waals surface area contributed by atoms with Crippen molar-refractivity contribution in [1.29, 1.82) is 0 Å². The maximum Gasteiger partial charge on any atom is 0.196 e. The molecule has 6 nitrogen and oxygen atoms in total. The van der Waals surface area contributed by atoms with Gasteiger partial charge in [-0.05, 0) is 260 Å². The molecule has 11 heteroatoms. The van der Waals surface area contributed by atoms with Gasteiger partial charge in [-0.25, -0.2) is 22.0 Å². The van der Waals surface area contributed by atoms with Gasteiger partial charge in [0, 0.05) is 85.0 Å². The van der Waals surface area contributed by atoms with Crippen molar-refractivity contribution in [1.82, 2.24) is 15.0 Å². The predicted octanol–water partition coefficient (Wildman–Crippen LogP) is 31.5. The molecule has 0 spiro atoms. The van der Waals surface area contributed by atoms with E-state index in [0.717, 1.165) is 110 Å². The molecule has 0 atom stereocenters. The topological polar surface area (TPSA) is 48.4 Å². The third kappa shape index (κ3) is 12.3. The van der Waals surface area contributed by atoms with Crippen molar-refractivity contribution in [3.8, 4) is 33.4 Å². The van der Waals surface area contributed by atoms with E-state index in [9.17, 15) is 17.6 Å². The first-order valence-electron chi connectivity index (χ1n) is 42.5. The third-order valence-electron chi connectivity index (χ3n) is 23.5. The van der Waals surface area contributed by atoms with Gasteiger partial charge in [-0.3, -0.25) is 15.0 Å². The van der Waals surface area contributed by atoms with Gasteiger partial charge >= 0.3 is 0 Å². The first-order chi connectivity index (χ1) is 62.2. The molecule has 0 saturated carbocycles. The predicted molar refractivity (Wildman–Crippen MR) is 496 cm³/mol. The van der Waals surface area contributed by atoms with Crippen LogP contribution in [0.3, 0.4) is 0 Å². The number of hydrogen-bond donors (Lipinski definition) is 0. The number of aromatic nitrogens is 3. The van der Waals surface area contributed by atoms with Gasteiger partial charge in [0.25, 0.3) is 0 Å². The zero-order valence-corrected chi connectivity index (χ0v) is 64.9. The molecule has 0 N–H and O–H groups in total. The van der Waals surface area contributed by atoms with Crippen LogP contribution in [0.5, 0.6) is 0 Å². The van der Waals surface area contributed by atoms with Crippen molar-refractivity contribution in [2.75, 3.05) is 14.7 Å². The van der Waals surface area contributed by atoms with Crippen LogP contribution in [0.15, 0.2) is 407 Å². The lowest BCUT2D eigenvalue weighted by Gasteiger charge is -2.26. The van der Waals surface area contributed by atoms with Crippen LogP contribution in [0.2, 0.25) is 0 Å². The molecule has 0 aliphatic rings. The fourth-order valence-corrected chi connectivity index (χ4v) is 18.1. The summed E-state index contributed by atoms with van der Waals surface area (Å²) in [7, 11) is 0. The van der Waals surface area contributed by atoms with Crippen molar-refractivity contribution < 1.29 is 28.8 Å². The van der Waals surface area contributed by atoms with E-state index in [0.29, 0.717) is 28.4 Å². The second-order valence-corrected chi connectivity index (χ2v) is 30.4. The Morgan fingerprint density at radius 2 is 0.541 bits per heavy atom. The van der Waals surface area contributed by atoms with Crippen LogP contribution in [0.25, 0.3) is 163 Å². The van der Waals surface area contributed by atoms with Gasteiger partial charge < -0.3 is 14.7 Å². The molecule has 0 fully saturated rings. The number of pyridine rings is 3. The standard InChI is InChI=1S/C37H21F3N2.C37H22F2N2.C37H24N2/c38-31-18-19-32(36(40)35(31)39)42(26-6-2-1-3-7-26)27-13-10-22(11-14-27)28-15-12-23-8-9-24-21-25-5-4-20-41-37(25)30-17-16-29(28)33(23)34(24)30;38-31-7-1-3-9-33(31)41(34-10-4-2-8-32(34)39)27-16-13-23(14-17-27)28-18-15-24-11-12-25-22-26-6-5-21-40-37(26)30-20-19-29(28)35(24)36(25)30;1-3-9-29(10-4-1)39(30-11-5-2-6-12-30)31-18-15-25(16-19-31)32-20-17-26-13-14-27-24-28-8-7-23-38-37(28)34-22-21-33(32)35(26)36(27)34/h1-21H;1-22H;1-24H/i;;1D,3D,4D,9D,10D. The molecule has 0 saturated heterocycles. The van der Waals surface area contributed by atoms with Crippen LogP contribution in [0, 0.1) is 29.1 Å². The van der Waals surface area contributed by atoms with Gasteiger partial charge in [-0.15, -0.1) is 0 Å². The lowest BCUT2D eigenvalue weighted by Crippen LogP contribution is -2.13. The van der Waals surface area contributed by atoms with Gasteiger partial charge in [-0.2, -0.15) is 0 Å². The number of halogens is 5. The Kier molecular flexibility index (Phi) is 16.4. The molecule has 24 aromatic rings. The van der Waals surface area contributed by atoms with Crippen LogP contribution in [0.4, 0.5) is 73.1 Å². The van der Waals surface area contributed by atoms with Crippen molar-refractivity contribution in [3.05, 3.63) is 436 Å². The molecule has 0 amide bonds. The Morgan fingerprint density at radius 3 is 0.943 bits per heavy atom. The number of anilines is 9. The van der Waals surface area contributed by atoms with Gasteiger partial charge in [0.05, 0.1) is 40.5 Å².